The summed E-state index contributed by atoms with van der Waals surface area (Å²) in [5.74, 6) is 0.885. The molecule has 0 unspecified atom stereocenters. The quantitative estimate of drug-likeness (QED) is 0.112. The number of hydrogen-bond acceptors (Lipinski definition) is 4. The van der Waals surface area contributed by atoms with Crippen molar-refractivity contribution >= 4 is 5.97 Å². The van der Waals surface area contributed by atoms with Crippen molar-refractivity contribution in [2.75, 3.05) is 13.2 Å². The number of aliphatic carboxylic acids is 1. The first-order valence-corrected chi connectivity index (χ1v) is 15.4. The summed E-state index contributed by atoms with van der Waals surface area (Å²) >= 11 is 0. The van der Waals surface area contributed by atoms with Gasteiger partial charge in [0.1, 0.15) is 11.5 Å². The normalized spacial score (nSPS) is 10.1. The zero-order valence-corrected chi connectivity index (χ0v) is 25.3. The van der Waals surface area contributed by atoms with E-state index >= 15 is 0 Å². The Morgan fingerprint density at radius 1 is 0.625 bits per heavy atom. The van der Waals surface area contributed by atoms with Gasteiger partial charge in [-0.15, -0.1) is 0 Å². The molecule has 0 amide bonds. The summed E-state index contributed by atoms with van der Waals surface area (Å²) in [6.07, 6.45) is 22.3. The zero-order valence-electron chi connectivity index (χ0n) is 25.3. The van der Waals surface area contributed by atoms with E-state index in [0.717, 1.165) is 17.6 Å². The first kappa shape index (κ1) is 37.4. The Hall–Kier alpha value is -2.63. The van der Waals surface area contributed by atoms with E-state index in [1.165, 1.54) is 114 Å². The Bertz CT molecular complexity index is 768. The second kappa shape index (κ2) is 27.9. The van der Waals surface area contributed by atoms with Crippen LogP contribution in [0.2, 0.25) is 0 Å². The van der Waals surface area contributed by atoms with Gasteiger partial charge in [-0.25, -0.2) is 4.79 Å². The minimum atomic E-state index is -0.981. The van der Waals surface area contributed by atoms with Crippen molar-refractivity contribution in [2.45, 2.75) is 117 Å². The van der Waals surface area contributed by atoms with Gasteiger partial charge in [0.15, 0.2) is 0 Å². The van der Waals surface area contributed by atoms with E-state index in [4.69, 9.17) is 20.1 Å². The maximum absolute atomic E-state index is 9.25. The number of aryl methyl sites for hydroxylation is 2. The van der Waals surface area contributed by atoms with E-state index in [2.05, 4.69) is 69.0 Å². The molecule has 0 aliphatic heterocycles. The first-order chi connectivity index (χ1) is 19.5. The molecule has 2 aromatic carbocycles. The largest absolute Gasteiger partial charge is 0.478 e. The highest BCUT2D eigenvalue weighted by Crippen LogP contribution is 2.23. The van der Waals surface area contributed by atoms with Crippen molar-refractivity contribution in [3.05, 3.63) is 72.3 Å². The summed E-state index contributed by atoms with van der Waals surface area (Å²) in [6.45, 7) is 7.27. The summed E-state index contributed by atoms with van der Waals surface area (Å²) in [4.78, 5) is 9.25. The van der Waals surface area contributed by atoms with Crippen LogP contribution in [-0.2, 0) is 17.6 Å². The summed E-state index contributed by atoms with van der Waals surface area (Å²) in [6, 6.07) is 17.4. The Morgan fingerprint density at radius 3 is 1.20 bits per heavy atom. The number of aliphatic hydroxyl groups is 2. The third-order valence-electron chi connectivity index (χ3n) is 6.50. The van der Waals surface area contributed by atoms with Gasteiger partial charge in [0.25, 0.3) is 0 Å². The molecule has 0 aromatic heterocycles. The summed E-state index contributed by atoms with van der Waals surface area (Å²) in [7, 11) is 0. The van der Waals surface area contributed by atoms with Gasteiger partial charge in [-0.1, -0.05) is 122 Å². The molecule has 0 bridgehead atoms. The fraction of sp³-hybridized carbons (Fsp3) is 0.571. The fourth-order valence-corrected chi connectivity index (χ4v) is 4.16. The number of rotatable bonds is 20. The second-order valence-electron chi connectivity index (χ2n) is 10.1. The highest BCUT2D eigenvalue weighted by molar-refractivity contribution is 5.78. The molecule has 0 radical (unpaired) electrons. The average molecular weight is 557 g/mol. The van der Waals surface area contributed by atoms with Gasteiger partial charge in [0.05, 0.1) is 13.2 Å². The van der Waals surface area contributed by atoms with Crippen LogP contribution in [0, 0.1) is 0 Å². The van der Waals surface area contributed by atoms with E-state index in [0.29, 0.717) is 0 Å². The summed E-state index contributed by atoms with van der Waals surface area (Å²) < 4.78 is 6.05. The van der Waals surface area contributed by atoms with Crippen LogP contribution in [0.3, 0.4) is 0 Å². The minimum absolute atomic E-state index is 0.125. The summed E-state index contributed by atoms with van der Waals surface area (Å²) in [5.41, 5.74) is 2.84. The number of aliphatic hydroxyl groups excluding tert-OH is 2. The fourth-order valence-electron chi connectivity index (χ4n) is 4.16. The predicted octanol–water partition coefficient (Wildman–Crippen LogP) is 9.29. The third kappa shape index (κ3) is 23.3. The van der Waals surface area contributed by atoms with Gasteiger partial charge < -0.3 is 20.1 Å². The lowest BCUT2D eigenvalue weighted by molar-refractivity contribution is -0.131. The van der Waals surface area contributed by atoms with Gasteiger partial charge in [-0.05, 0) is 61.1 Å². The molecule has 0 aliphatic rings. The topological polar surface area (TPSA) is 87.0 Å². The van der Waals surface area contributed by atoms with Crippen LogP contribution in [0.25, 0.3) is 0 Å². The molecule has 2 aromatic rings. The average Bonchev–Trinajstić information content (AvgIpc) is 2.98. The molecule has 0 spiro atoms. The molecule has 0 aliphatic carbocycles. The molecule has 40 heavy (non-hydrogen) atoms. The lowest BCUT2D eigenvalue weighted by atomic mass is 10.0. The summed E-state index contributed by atoms with van der Waals surface area (Å²) in [5, 5.41) is 22.9. The smallest absolute Gasteiger partial charge is 0.327 e. The molecular weight excluding hydrogens is 500 g/mol. The van der Waals surface area contributed by atoms with Gasteiger partial charge in [0, 0.05) is 6.08 Å². The van der Waals surface area contributed by atoms with Crippen LogP contribution in [0.1, 0.15) is 115 Å². The number of unbranched alkanes of at least 4 members (excludes halogenated alkanes) is 12. The Kier molecular flexibility index (Phi) is 26.1. The lowest BCUT2D eigenvalue weighted by Gasteiger charge is -2.08. The van der Waals surface area contributed by atoms with Crippen molar-refractivity contribution in [3.8, 4) is 11.5 Å². The van der Waals surface area contributed by atoms with Crippen LogP contribution >= 0.6 is 0 Å². The van der Waals surface area contributed by atoms with Crippen LogP contribution < -0.4 is 4.74 Å². The molecule has 5 nitrogen and oxygen atoms in total. The lowest BCUT2D eigenvalue weighted by Crippen LogP contribution is -1.90. The standard InChI is InChI=1S/C30H46O.C3H4O2.C2H6O2/c1-3-5-7-9-11-13-15-17-27-19-23-29(24-20-27)31-30-25-21-28(22-26-30)18-16-14-12-10-8-6-4-2;1-2-3(4)5;3-1-2-4/h19-26H,3-18H2,1-2H3;2H,1H2,(H,4,5);3-4H,1-2H2. The van der Waals surface area contributed by atoms with E-state index < -0.39 is 5.97 Å². The third-order valence-corrected chi connectivity index (χ3v) is 6.50. The maximum Gasteiger partial charge on any atom is 0.327 e. The van der Waals surface area contributed by atoms with Crippen LogP contribution in [0.15, 0.2) is 61.2 Å². The van der Waals surface area contributed by atoms with E-state index in [1.54, 1.807) is 0 Å². The molecule has 2 rings (SSSR count). The number of benzene rings is 2. The van der Waals surface area contributed by atoms with Crippen molar-refractivity contribution in [2.24, 2.45) is 0 Å². The Morgan fingerprint density at radius 2 is 0.925 bits per heavy atom. The molecule has 0 saturated carbocycles. The molecule has 0 heterocycles. The van der Waals surface area contributed by atoms with Crippen LogP contribution in [0.4, 0.5) is 0 Å². The molecule has 3 N–H and O–H groups in total. The Labute approximate surface area is 244 Å². The van der Waals surface area contributed by atoms with Gasteiger partial charge in [0.2, 0.25) is 0 Å². The minimum Gasteiger partial charge on any atom is -0.478 e. The van der Waals surface area contributed by atoms with E-state index in [9.17, 15) is 4.79 Å². The van der Waals surface area contributed by atoms with Gasteiger partial charge >= 0.3 is 5.97 Å². The van der Waals surface area contributed by atoms with Crippen molar-refractivity contribution in [1.29, 1.82) is 0 Å². The van der Waals surface area contributed by atoms with Gasteiger partial charge in [-0.2, -0.15) is 0 Å². The molecule has 5 heteroatoms. The molecule has 0 saturated heterocycles. The predicted molar refractivity (Wildman–Crippen MR) is 168 cm³/mol. The van der Waals surface area contributed by atoms with Crippen LogP contribution in [0.5, 0.6) is 11.5 Å². The molecule has 0 fully saturated rings. The number of hydrogen-bond donors (Lipinski definition) is 3. The number of carbonyl (C=O) groups is 1. The van der Waals surface area contributed by atoms with E-state index in [-0.39, 0.29) is 13.2 Å². The highest BCUT2D eigenvalue weighted by Gasteiger charge is 2.01. The molecule has 0 atom stereocenters. The van der Waals surface area contributed by atoms with Crippen LogP contribution in [-0.4, -0.2) is 34.5 Å². The number of ether oxygens (including phenoxy) is 1. The van der Waals surface area contributed by atoms with E-state index in [1.807, 2.05) is 0 Å². The van der Waals surface area contributed by atoms with Gasteiger partial charge in [-0.3, -0.25) is 0 Å². The number of carboxylic acids is 1. The molecular formula is C35H56O5. The second-order valence-corrected chi connectivity index (χ2v) is 10.1. The zero-order chi connectivity index (χ0) is 29.7. The highest BCUT2D eigenvalue weighted by atomic mass is 16.5. The SMILES string of the molecule is C=CC(=O)O.CCCCCCCCCc1ccc(Oc2ccc(CCCCCCCCC)cc2)cc1.OCCO. The first-order valence-electron chi connectivity index (χ1n) is 15.4. The molecule has 226 valence electrons. The van der Waals surface area contributed by atoms with Crippen molar-refractivity contribution < 1.29 is 24.9 Å². The maximum atomic E-state index is 9.25. The monoisotopic (exact) mass is 556 g/mol. The number of carboxylic acid groups (broad SMARTS) is 1. The van der Waals surface area contributed by atoms with Crippen molar-refractivity contribution in [1.82, 2.24) is 0 Å². The Balaban J connectivity index is 0.00000146. The van der Waals surface area contributed by atoms with Crippen molar-refractivity contribution in [3.63, 3.8) is 0 Å².